The number of anilines is 1. The van der Waals surface area contributed by atoms with Gasteiger partial charge in [0.05, 0.1) is 24.9 Å². The number of ether oxygens (including phenoxy) is 1. The first-order valence-corrected chi connectivity index (χ1v) is 7.25. The maximum absolute atomic E-state index is 13.2. The maximum atomic E-state index is 13.2. The highest BCUT2D eigenvalue weighted by Crippen LogP contribution is 2.31. The van der Waals surface area contributed by atoms with E-state index in [0.29, 0.717) is 12.1 Å². The fraction of sp³-hybridized carbons (Fsp3) is 0.235. The van der Waals surface area contributed by atoms with E-state index in [1.807, 2.05) is 24.3 Å². The number of carbonyl (C=O) groups is 1. The Bertz CT molecular complexity index is 736. The number of aliphatic hydroxyl groups is 1. The summed E-state index contributed by atoms with van der Waals surface area (Å²) in [6.07, 6.45) is -0.172. The SMILES string of the molecule is COc1cc(F)ccc1NC(=O)N[C@H]1c2ccccc2C[C@H]1O. The number of rotatable bonds is 3. The van der Waals surface area contributed by atoms with E-state index < -0.39 is 24.0 Å². The second-order valence-electron chi connectivity index (χ2n) is 5.39. The van der Waals surface area contributed by atoms with Gasteiger partial charge < -0.3 is 20.5 Å². The molecule has 0 heterocycles. The van der Waals surface area contributed by atoms with Crippen LogP contribution in [0.5, 0.6) is 5.75 Å². The summed E-state index contributed by atoms with van der Waals surface area (Å²) in [5.74, 6) is -0.222. The van der Waals surface area contributed by atoms with E-state index in [0.717, 1.165) is 11.1 Å². The van der Waals surface area contributed by atoms with Crippen molar-refractivity contribution in [3.05, 3.63) is 59.4 Å². The molecule has 3 rings (SSSR count). The minimum absolute atomic E-state index is 0.229. The fourth-order valence-electron chi connectivity index (χ4n) is 2.82. The van der Waals surface area contributed by atoms with Crippen LogP contribution >= 0.6 is 0 Å². The largest absolute Gasteiger partial charge is 0.494 e. The predicted molar refractivity (Wildman–Crippen MR) is 84.0 cm³/mol. The second kappa shape index (κ2) is 6.26. The summed E-state index contributed by atoms with van der Waals surface area (Å²) < 4.78 is 18.2. The lowest BCUT2D eigenvalue weighted by Gasteiger charge is -2.19. The van der Waals surface area contributed by atoms with Gasteiger partial charge in [0.1, 0.15) is 11.6 Å². The molecule has 0 fully saturated rings. The molecule has 23 heavy (non-hydrogen) atoms. The molecule has 0 spiro atoms. The Labute approximate surface area is 133 Å². The van der Waals surface area contributed by atoms with Crippen molar-refractivity contribution < 1.29 is 19.0 Å². The van der Waals surface area contributed by atoms with Gasteiger partial charge in [0.25, 0.3) is 0 Å². The summed E-state index contributed by atoms with van der Waals surface area (Å²) in [4.78, 5) is 12.2. The molecule has 0 saturated carbocycles. The molecule has 120 valence electrons. The number of hydrogen-bond donors (Lipinski definition) is 3. The van der Waals surface area contributed by atoms with Crippen LogP contribution in [0.3, 0.4) is 0 Å². The van der Waals surface area contributed by atoms with Crippen molar-refractivity contribution in [2.24, 2.45) is 0 Å². The zero-order valence-corrected chi connectivity index (χ0v) is 12.5. The number of aliphatic hydroxyl groups excluding tert-OH is 1. The van der Waals surface area contributed by atoms with E-state index in [1.54, 1.807) is 0 Å². The van der Waals surface area contributed by atoms with Crippen LogP contribution in [-0.4, -0.2) is 24.4 Å². The maximum Gasteiger partial charge on any atom is 0.319 e. The first kappa shape index (κ1) is 15.3. The molecule has 0 unspecified atom stereocenters. The van der Waals surface area contributed by atoms with Crippen LogP contribution in [0.4, 0.5) is 14.9 Å². The molecule has 0 aromatic heterocycles. The van der Waals surface area contributed by atoms with Crippen molar-refractivity contribution in [2.75, 3.05) is 12.4 Å². The zero-order chi connectivity index (χ0) is 16.4. The second-order valence-corrected chi connectivity index (χ2v) is 5.39. The number of amides is 2. The quantitative estimate of drug-likeness (QED) is 0.815. The minimum Gasteiger partial charge on any atom is -0.494 e. The van der Waals surface area contributed by atoms with Gasteiger partial charge in [-0.15, -0.1) is 0 Å². The monoisotopic (exact) mass is 316 g/mol. The molecule has 1 aliphatic carbocycles. The number of benzene rings is 2. The van der Waals surface area contributed by atoms with Gasteiger partial charge in [0.15, 0.2) is 0 Å². The smallest absolute Gasteiger partial charge is 0.319 e. The Balaban J connectivity index is 1.73. The van der Waals surface area contributed by atoms with E-state index >= 15 is 0 Å². The Morgan fingerprint density at radius 3 is 2.87 bits per heavy atom. The molecule has 2 aromatic carbocycles. The number of hydrogen-bond acceptors (Lipinski definition) is 3. The molecule has 2 aromatic rings. The summed E-state index contributed by atoms with van der Waals surface area (Å²) in [5, 5.41) is 15.5. The van der Waals surface area contributed by atoms with Gasteiger partial charge in [-0.2, -0.15) is 0 Å². The third-order valence-corrected chi connectivity index (χ3v) is 3.90. The van der Waals surface area contributed by atoms with Crippen molar-refractivity contribution >= 4 is 11.7 Å². The molecule has 2 amide bonds. The van der Waals surface area contributed by atoms with Crippen molar-refractivity contribution in [2.45, 2.75) is 18.6 Å². The van der Waals surface area contributed by atoms with Crippen LogP contribution < -0.4 is 15.4 Å². The van der Waals surface area contributed by atoms with Gasteiger partial charge >= 0.3 is 6.03 Å². The number of halogens is 1. The Morgan fingerprint density at radius 2 is 2.09 bits per heavy atom. The van der Waals surface area contributed by atoms with E-state index in [-0.39, 0.29) is 5.75 Å². The molecule has 2 atom stereocenters. The summed E-state index contributed by atoms with van der Waals surface area (Å²) in [7, 11) is 1.40. The van der Waals surface area contributed by atoms with Crippen molar-refractivity contribution in [3.8, 4) is 5.75 Å². The zero-order valence-electron chi connectivity index (χ0n) is 12.5. The van der Waals surface area contributed by atoms with Crippen LogP contribution in [0.25, 0.3) is 0 Å². The van der Waals surface area contributed by atoms with Crippen LogP contribution in [-0.2, 0) is 6.42 Å². The number of urea groups is 1. The lowest BCUT2D eigenvalue weighted by molar-refractivity contribution is 0.144. The van der Waals surface area contributed by atoms with Crippen molar-refractivity contribution in [1.29, 1.82) is 0 Å². The molecule has 6 heteroatoms. The number of nitrogens with one attached hydrogen (secondary N) is 2. The molecule has 0 saturated heterocycles. The Morgan fingerprint density at radius 1 is 1.30 bits per heavy atom. The molecule has 0 aliphatic heterocycles. The number of methoxy groups -OCH3 is 1. The lowest BCUT2D eigenvalue weighted by Crippen LogP contribution is -2.36. The lowest BCUT2D eigenvalue weighted by atomic mass is 10.1. The molecule has 5 nitrogen and oxygen atoms in total. The molecule has 0 bridgehead atoms. The van der Waals surface area contributed by atoms with Gasteiger partial charge in [0, 0.05) is 12.5 Å². The van der Waals surface area contributed by atoms with Crippen LogP contribution in [0, 0.1) is 5.82 Å². The van der Waals surface area contributed by atoms with E-state index in [2.05, 4.69) is 10.6 Å². The van der Waals surface area contributed by atoms with E-state index in [1.165, 1.54) is 25.3 Å². The Kier molecular flexibility index (Phi) is 4.16. The van der Waals surface area contributed by atoms with Crippen molar-refractivity contribution in [3.63, 3.8) is 0 Å². The van der Waals surface area contributed by atoms with Gasteiger partial charge in [-0.1, -0.05) is 24.3 Å². The Hall–Kier alpha value is -2.60. The fourth-order valence-corrected chi connectivity index (χ4v) is 2.82. The predicted octanol–water partition coefficient (Wildman–Crippen LogP) is 2.61. The summed E-state index contributed by atoms with van der Waals surface area (Å²) in [6.45, 7) is 0. The molecular weight excluding hydrogens is 299 g/mol. The van der Waals surface area contributed by atoms with Gasteiger partial charge in [0.2, 0.25) is 0 Å². The highest BCUT2D eigenvalue weighted by Gasteiger charge is 2.31. The third-order valence-electron chi connectivity index (χ3n) is 3.90. The highest BCUT2D eigenvalue weighted by atomic mass is 19.1. The third kappa shape index (κ3) is 3.12. The molecule has 3 N–H and O–H groups in total. The minimum atomic E-state index is -0.673. The van der Waals surface area contributed by atoms with Gasteiger partial charge in [-0.3, -0.25) is 0 Å². The van der Waals surface area contributed by atoms with E-state index in [4.69, 9.17) is 4.74 Å². The normalized spacial score (nSPS) is 19.1. The van der Waals surface area contributed by atoms with Crippen LogP contribution in [0.15, 0.2) is 42.5 Å². The molecule has 1 aliphatic rings. The number of carbonyl (C=O) groups excluding carboxylic acids is 1. The van der Waals surface area contributed by atoms with Crippen molar-refractivity contribution in [1.82, 2.24) is 5.32 Å². The summed E-state index contributed by atoms with van der Waals surface area (Å²) in [6, 6.07) is 10.5. The summed E-state index contributed by atoms with van der Waals surface area (Å²) in [5.41, 5.74) is 2.28. The van der Waals surface area contributed by atoms with E-state index in [9.17, 15) is 14.3 Å². The topological polar surface area (TPSA) is 70.6 Å². The first-order valence-electron chi connectivity index (χ1n) is 7.25. The first-order chi connectivity index (χ1) is 11.1. The van der Waals surface area contributed by atoms with Gasteiger partial charge in [-0.25, -0.2) is 9.18 Å². The number of fused-ring (bicyclic) bond motifs is 1. The summed E-state index contributed by atoms with van der Waals surface area (Å²) >= 11 is 0. The standard InChI is InChI=1S/C17H17FN2O3/c1-23-15-9-11(18)6-7-13(15)19-17(22)20-16-12-5-3-2-4-10(12)8-14(16)21/h2-7,9,14,16,21H,8H2,1H3,(H2,19,20,22)/t14-,16+/m1/s1. The van der Waals surface area contributed by atoms with Crippen LogP contribution in [0.2, 0.25) is 0 Å². The van der Waals surface area contributed by atoms with Crippen LogP contribution in [0.1, 0.15) is 17.2 Å². The molecular formula is C17H17FN2O3. The average Bonchev–Trinajstić information content (AvgIpc) is 2.85. The highest BCUT2D eigenvalue weighted by molar-refractivity contribution is 5.91. The average molecular weight is 316 g/mol. The van der Waals surface area contributed by atoms with Gasteiger partial charge in [-0.05, 0) is 23.3 Å². The molecule has 0 radical (unpaired) electrons.